The number of rotatable bonds is 7. The fraction of sp³-hybridized carbons (Fsp3) is 0.458. The lowest BCUT2D eigenvalue weighted by atomic mass is 10.2. The molecule has 11 heteroatoms. The van der Waals surface area contributed by atoms with Gasteiger partial charge in [0.05, 0.1) is 25.5 Å². The molecule has 3 aromatic rings. The number of carbonyl (C=O) groups excluding carboxylic acids is 2. The summed E-state index contributed by atoms with van der Waals surface area (Å²) in [5, 5.41) is 11.8. The number of benzene rings is 1. The number of carbonyl (C=O) groups is 2. The Hall–Kier alpha value is -3.57. The molecule has 1 fully saturated rings. The molecule has 1 N–H and O–H groups in total. The molecule has 1 saturated heterocycles. The molecule has 0 unspecified atom stereocenters. The average Bonchev–Trinajstić information content (AvgIpc) is 3.50. The molecule has 0 radical (unpaired) electrons. The minimum Gasteiger partial charge on any atom is -0.379 e. The van der Waals surface area contributed by atoms with E-state index in [1.807, 2.05) is 41.1 Å². The van der Waals surface area contributed by atoms with Crippen molar-refractivity contribution in [2.45, 2.75) is 32.0 Å². The van der Waals surface area contributed by atoms with E-state index in [1.54, 1.807) is 16.6 Å². The van der Waals surface area contributed by atoms with Crippen molar-refractivity contribution in [2.75, 3.05) is 44.8 Å². The Morgan fingerprint density at radius 3 is 2.74 bits per heavy atom. The van der Waals surface area contributed by atoms with E-state index < -0.39 is 11.9 Å². The van der Waals surface area contributed by atoms with Crippen LogP contribution in [0.5, 0.6) is 0 Å². The first-order valence-electron chi connectivity index (χ1n) is 12.0. The summed E-state index contributed by atoms with van der Waals surface area (Å²) in [4.78, 5) is 34.0. The molecule has 2 aromatic heterocycles. The second kappa shape index (κ2) is 10.4. The predicted octanol–water partition coefficient (Wildman–Crippen LogP) is 0.563. The molecule has 2 amide bonds. The van der Waals surface area contributed by atoms with E-state index in [0.717, 1.165) is 56.3 Å². The molecule has 2 aliphatic heterocycles. The third-order valence-electron chi connectivity index (χ3n) is 6.43. The van der Waals surface area contributed by atoms with Crippen LogP contribution in [0.2, 0.25) is 0 Å². The highest BCUT2D eigenvalue weighted by Crippen LogP contribution is 2.22. The summed E-state index contributed by atoms with van der Waals surface area (Å²) in [6.07, 6.45) is 2.79. The number of amides is 2. The molecule has 5 rings (SSSR count). The fourth-order valence-corrected chi connectivity index (χ4v) is 4.44. The first kappa shape index (κ1) is 23.2. The molecular formula is C24H30N8O3. The van der Waals surface area contributed by atoms with Crippen molar-refractivity contribution in [2.24, 2.45) is 0 Å². The highest BCUT2D eigenvalue weighted by molar-refractivity contribution is 6.00. The van der Waals surface area contributed by atoms with Gasteiger partial charge in [0.2, 0.25) is 5.82 Å². The molecule has 0 saturated carbocycles. The van der Waals surface area contributed by atoms with Gasteiger partial charge in [-0.1, -0.05) is 30.3 Å². The van der Waals surface area contributed by atoms with Crippen LogP contribution in [-0.4, -0.2) is 87.2 Å². The first-order valence-corrected chi connectivity index (χ1v) is 12.0. The van der Waals surface area contributed by atoms with Gasteiger partial charge in [-0.2, -0.15) is 5.10 Å². The van der Waals surface area contributed by atoms with Gasteiger partial charge in [-0.15, -0.1) is 5.10 Å². The highest BCUT2D eigenvalue weighted by Gasteiger charge is 2.31. The monoisotopic (exact) mass is 478 g/mol. The van der Waals surface area contributed by atoms with Gasteiger partial charge in [-0.25, -0.2) is 14.3 Å². The van der Waals surface area contributed by atoms with Gasteiger partial charge in [-0.3, -0.25) is 19.4 Å². The molecule has 0 spiro atoms. The van der Waals surface area contributed by atoms with Crippen LogP contribution >= 0.6 is 0 Å². The molecule has 35 heavy (non-hydrogen) atoms. The maximum atomic E-state index is 13.1. The summed E-state index contributed by atoms with van der Waals surface area (Å²) in [6, 6.07) is 11.1. The van der Waals surface area contributed by atoms with Gasteiger partial charge in [0.1, 0.15) is 18.2 Å². The number of likely N-dealkylation sites (N-methyl/N-ethyl adjacent to an activating group) is 1. The van der Waals surface area contributed by atoms with Crippen LogP contribution in [0.15, 0.2) is 42.7 Å². The lowest BCUT2D eigenvalue weighted by Crippen LogP contribution is -2.47. The molecule has 2 aliphatic rings. The van der Waals surface area contributed by atoms with Crippen LogP contribution in [0.3, 0.4) is 0 Å². The van der Waals surface area contributed by atoms with Crippen molar-refractivity contribution in [1.82, 2.24) is 34.8 Å². The van der Waals surface area contributed by atoms with Crippen molar-refractivity contribution in [3.05, 3.63) is 59.8 Å². The standard InChI is InChI=1S/C24H30N8O3/c1-29-21-15-19(7-9-30-11-13-35-14-12-30)27-32(21)10-8-20(24(29)34)26-23(33)22-25-17-31(28-22)16-18-5-3-2-4-6-18/h2-6,15,17,20H,7-14,16H2,1H3,(H,26,33)/t20-/m1/s1. The third-order valence-corrected chi connectivity index (χ3v) is 6.43. The first-order chi connectivity index (χ1) is 17.1. The third kappa shape index (κ3) is 5.41. The fourth-order valence-electron chi connectivity index (χ4n) is 4.44. The lowest BCUT2D eigenvalue weighted by Gasteiger charge is -2.26. The van der Waals surface area contributed by atoms with Crippen LogP contribution in [0.4, 0.5) is 5.82 Å². The lowest BCUT2D eigenvalue weighted by molar-refractivity contribution is -0.120. The molecule has 11 nitrogen and oxygen atoms in total. The summed E-state index contributed by atoms with van der Waals surface area (Å²) in [5.74, 6) is 0.146. The number of ether oxygens (including phenoxy) is 1. The molecule has 4 heterocycles. The maximum Gasteiger partial charge on any atom is 0.291 e. The van der Waals surface area contributed by atoms with Crippen LogP contribution in [0.25, 0.3) is 0 Å². The normalized spacial score (nSPS) is 18.8. The Balaban J connectivity index is 1.19. The number of morpholine rings is 1. The van der Waals surface area contributed by atoms with Crippen LogP contribution in [-0.2, 0) is 29.0 Å². The zero-order valence-electron chi connectivity index (χ0n) is 19.8. The second-order valence-electron chi connectivity index (χ2n) is 8.88. The van der Waals surface area contributed by atoms with Gasteiger partial charge in [0.15, 0.2) is 0 Å². The topological polar surface area (TPSA) is 110 Å². The Morgan fingerprint density at radius 2 is 1.94 bits per heavy atom. The largest absolute Gasteiger partial charge is 0.379 e. The van der Waals surface area contributed by atoms with E-state index in [4.69, 9.17) is 9.84 Å². The average molecular weight is 479 g/mol. The molecule has 184 valence electrons. The van der Waals surface area contributed by atoms with E-state index in [0.29, 0.717) is 19.5 Å². The summed E-state index contributed by atoms with van der Waals surface area (Å²) < 4.78 is 8.87. The van der Waals surface area contributed by atoms with Gasteiger partial charge in [0, 0.05) is 45.7 Å². The van der Waals surface area contributed by atoms with Crippen molar-refractivity contribution in [3.8, 4) is 0 Å². The summed E-state index contributed by atoms with van der Waals surface area (Å²) >= 11 is 0. The summed E-state index contributed by atoms with van der Waals surface area (Å²) in [5.41, 5.74) is 2.02. The zero-order valence-corrected chi connectivity index (χ0v) is 19.8. The Bertz CT molecular complexity index is 1170. The number of aromatic nitrogens is 5. The van der Waals surface area contributed by atoms with E-state index in [2.05, 4.69) is 20.3 Å². The van der Waals surface area contributed by atoms with Gasteiger partial charge < -0.3 is 10.1 Å². The van der Waals surface area contributed by atoms with E-state index in [9.17, 15) is 9.59 Å². The molecular weight excluding hydrogens is 448 g/mol. The predicted molar refractivity (Wildman–Crippen MR) is 128 cm³/mol. The summed E-state index contributed by atoms with van der Waals surface area (Å²) in [6.45, 7) is 5.38. The van der Waals surface area contributed by atoms with Crippen molar-refractivity contribution < 1.29 is 14.3 Å². The minimum absolute atomic E-state index is 0.0452. The smallest absolute Gasteiger partial charge is 0.291 e. The van der Waals surface area contributed by atoms with Crippen LogP contribution < -0.4 is 10.2 Å². The number of hydrogen-bond donors (Lipinski definition) is 1. The zero-order chi connectivity index (χ0) is 24.2. The SMILES string of the molecule is CN1C(=O)[C@H](NC(=O)c2ncn(Cc3ccccc3)n2)CCn2nc(CCN3CCOCC3)cc21. The van der Waals surface area contributed by atoms with Gasteiger partial charge >= 0.3 is 0 Å². The minimum atomic E-state index is -0.674. The van der Waals surface area contributed by atoms with E-state index in [-0.39, 0.29) is 11.7 Å². The molecule has 0 aliphatic carbocycles. The highest BCUT2D eigenvalue weighted by atomic mass is 16.5. The number of hydrogen-bond acceptors (Lipinski definition) is 7. The van der Waals surface area contributed by atoms with E-state index >= 15 is 0 Å². The van der Waals surface area contributed by atoms with Crippen molar-refractivity contribution in [3.63, 3.8) is 0 Å². The quantitative estimate of drug-likeness (QED) is 0.528. The van der Waals surface area contributed by atoms with Crippen molar-refractivity contribution in [1.29, 1.82) is 0 Å². The van der Waals surface area contributed by atoms with Gasteiger partial charge in [0.25, 0.3) is 11.8 Å². The summed E-state index contributed by atoms with van der Waals surface area (Å²) in [7, 11) is 1.72. The molecule has 0 bridgehead atoms. The Kier molecular flexibility index (Phi) is 6.87. The number of aryl methyl sites for hydroxylation is 1. The van der Waals surface area contributed by atoms with E-state index in [1.165, 1.54) is 6.33 Å². The second-order valence-corrected chi connectivity index (χ2v) is 8.88. The maximum absolute atomic E-state index is 13.1. The number of nitrogens with zero attached hydrogens (tertiary/aromatic N) is 7. The van der Waals surface area contributed by atoms with Crippen LogP contribution in [0, 0.1) is 0 Å². The number of anilines is 1. The Labute approximate surface area is 203 Å². The molecule has 1 atom stereocenters. The number of nitrogens with one attached hydrogen (secondary N) is 1. The number of fused-ring (bicyclic) bond motifs is 1. The molecule has 1 aromatic carbocycles. The van der Waals surface area contributed by atoms with Crippen molar-refractivity contribution >= 4 is 17.6 Å². The van der Waals surface area contributed by atoms with Gasteiger partial charge in [-0.05, 0) is 12.0 Å². The Morgan fingerprint density at radius 1 is 1.14 bits per heavy atom. The van der Waals surface area contributed by atoms with Crippen LogP contribution in [0.1, 0.15) is 28.3 Å².